The van der Waals surface area contributed by atoms with Crippen LogP contribution in [0, 0.1) is 10.1 Å². The largest absolute Gasteiger partial charge is 0.447 e. The highest BCUT2D eigenvalue weighted by Gasteiger charge is 2.23. The molecule has 1 aliphatic heterocycles. The van der Waals surface area contributed by atoms with Crippen LogP contribution in [-0.2, 0) is 11.3 Å². The van der Waals surface area contributed by atoms with Crippen molar-refractivity contribution in [2.24, 2.45) is 0 Å². The first-order valence-corrected chi connectivity index (χ1v) is 8.98. The van der Waals surface area contributed by atoms with Gasteiger partial charge in [-0.25, -0.2) is 14.5 Å². The fraction of sp³-hybridized carbons (Fsp3) is 0.158. The van der Waals surface area contributed by atoms with Crippen LogP contribution in [0.1, 0.15) is 15.9 Å². The Bertz CT molecular complexity index is 1110. The average Bonchev–Trinajstić information content (AvgIpc) is 3.43. The third kappa shape index (κ3) is 3.81. The minimum Gasteiger partial charge on any atom is -0.447 e. The van der Waals surface area contributed by atoms with Crippen molar-refractivity contribution in [2.45, 2.75) is 6.54 Å². The van der Waals surface area contributed by atoms with E-state index < -0.39 is 16.9 Å². The van der Waals surface area contributed by atoms with E-state index in [1.54, 1.807) is 24.3 Å². The smallest absolute Gasteiger partial charge is 0.414 e. The van der Waals surface area contributed by atoms with E-state index in [1.165, 1.54) is 40.4 Å². The Morgan fingerprint density at radius 3 is 2.83 bits per heavy atom. The molecule has 0 radical (unpaired) electrons. The van der Waals surface area contributed by atoms with E-state index in [4.69, 9.17) is 4.74 Å². The molecule has 0 bridgehead atoms. The van der Waals surface area contributed by atoms with Gasteiger partial charge in [-0.15, -0.1) is 0 Å². The number of nitrogens with one attached hydrogen (secondary N) is 1. The van der Waals surface area contributed by atoms with Crippen molar-refractivity contribution in [3.8, 4) is 5.69 Å². The van der Waals surface area contributed by atoms with E-state index in [0.29, 0.717) is 18.8 Å². The number of rotatable bonds is 6. The maximum atomic E-state index is 12.5. The summed E-state index contributed by atoms with van der Waals surface area (Å²) in [6, 6.07) is 11.3. The molecular formula is C19H16N6O5. The van der Waals surface area contributed by atoms with Gasteiger partial charge in [0.15, 0.2) is 0 Å². The van der Waals surface area contributed by atoms with Gasteiger partial charge in [0.05, 0.1) is 11.5 Å². The number of cyclic esters (lactones) is 1. The molecule has 3 aromatic rings. The molecule has 4 rings (SSSR count). The molecule has 0 atom stereocenters. The molecule has 2 aromatic carbocycles. The first-order valence-electron chi connectivity index (χ1n) is 8.98. The Morgan fingerprint density at radius 2 is 2.13 bits per heavy atom. The third-order valence-electron chi connectivity index (χ3n) is 4.54. The van der Waals surface area contributed by atoms with E-state index >= 15 is 0 Å². The second-order valence-corrected chi connectivity index (χ2v) is 6.42. The number of nitrogens with zero attached hydrogens (tertiary/aromatic N) is 5. The summed E-state index contributed by atoms with van der Waals surface area (Å²) in [6.45, 7) is 0.994. The molecule has 0 spiro atoms. The SMILES string of the molecule is O=C(NCc1cccc(N2CCOC2=O)c1)c1ccc(-n2cncn2)c([N+](=O)[O-])c1. The lowest BCUT2D eigenvalue weighted by Crippen LogP contribution is -2.25. The van der Waals surface area contributed by atoms with Crippen molar-refractivity contribution in [1.82, 2.24) is 20.1 Å². The Hall–Kier alpha value is -4.28. The van der Waals surface area contributed by atoms with E-state index in [1.807, 2.05) is 0 Å². The lowest BCUT2D eigenvalue weighted by atomic mass is 10.1. The Morgan fingerprint density at radius 1 is 1.27 bits per heavy atom. The predicted octanol–water partition coefficient (Wildman–Crippen LogP) is 2.06. The minimum atomic E-state index is -0.577. The predicted molar refractivity (Wildman–Crippen MR) is 104 cm³/mol. The fourth-order valence-electron chi connectivity index (χ4n) is 3.08. The highest BCUT2D eigenvalue weighted by molar-refractivity contribution is 5.95. The monoisotopic (exact) mass is 408 g/mol. The zero-order valence-electron chi connectivity index (χ0n) is 15.6. The van der Waals surface area contributed by atoms with Crippen molar-refractivity contribution in [2.75, 3.05) is 18.1 Å². The molecular weight excluding hydrogens is 392 g/mol. The molecule has 1 N–H and O–H groups in total. The zero-order chi connectivity index (χ0) is 21.1. The van der Waals surface area contributed by atoms with Gasteiger partial charge < -0.3 is 10.1 Å². The standard InChI is InChI=1S/C19H16N6O5/c26-18(14-4-5-16(17(9-14)25(28)29)24-12-20-11-22-24)21-10-13-2-1-3-15(8-13)23-6-7-30-19(23)27/h1-5,8-9,11-12H,6-7,10H2,(H,21,26). The van der Waals surface area contributed by atoms with Crippen molar-refractivity contribution >= 4 is 23.4 Å². The van der Waals surface area contributed by atoms with Crippen molar-refractivity contribution in [1.29, 1.82) is 0 Å². The van der Waals surface area contributed by atoms with Gasteiger partial charge in [-0.1, -0.05) is 12.1 Å². The van der Waals surface area contributed by atoms with Crippen LogP contribution in [0.4, 0.5) is 16.2 Å². The molecule has 1 aliphatic rings. The maximum Gasteiger partial charge on any atom is 0.414 e. The number of hydrogen-bond donors (Lipinski definition) is 1. The molecule has 2 amide bonds. The number of carbonyl (C=O) groups excluding carboxylic acids is 2. The van der Waals surface area contributed by atoms with Crippen LogP contribution in [-0.4, -0.2) is 44.8 Å². The van der Waals surface area contributed by atoms with Crippen LogP contribution in [0.15, 0.2) is 55.1 Å². The number of aromatic nitrogens is 3. The summed E-state index contributed by atoms with van der Waals surface area (Å²) in [4.78, 5) is 40.4. The normalized spacial score (nSPS) is 13.2. The number of hydrogen-bond acceptors (Lipinski definition) is 7. The first kappa shape index (κ1) is 19.1. The number of nitro benzene ring substituents is 1. The molecule has 0 unspecified atom stereocenters. The number of nitro groups is 1. The molecule has 0 aliphatic carbocycles. The fourth-order valence-corrected chi connectivity index (χ4v) is 3.08. The second-order valence-electron chi connectivity index (χ2n) is 6.42. The van der Waals surface area contributed by atoms with Crippen molar-refractivity contribution in [3.63, 3.8) is 0 Å². The second kappa shape index (κ2) is 7.99. The minimum absolute atomic E-state index is 0.143. The molecule has 0 saturated carbocycles. The summed E-state index contributed by atoms with van der Waals surface area (Å²) >= 11 is 0. The third-order valence-corrected chi connectivity index (χ3v) is 4.54. The van der Waals surface area contributed by atoms with Gasteiger partial charge >= 0.3 is 6.09 Å². The van der Waals surface area contributed by atoms with Crippen LogP contribution < -0.4 is 10.2 Å². The van der Waals surface area contributed by atoms with Gasteiger partial charge in [0.2, 0.25) is 0 Å². The molecule has 1 fully saturated rings. The quantitative estimate of drug-likeness (QED) is 0.487. The molecule has 1 aromatic heterocycles. The molecule has 30 heavy (non-hydrogen) atoms. The lowest BCUT2D eigenvalue weighted by molar-refractivity contribution is -0.384. The summed E-state index contributed by atoms with van der Waals surface area (Å²) in [5.41, 5.74) is 1.54. The number of anilines is 1. The molecule has 2 heterocycles. The zero-order valence-corrected chi connectivity index (χ0v) is 15.6. The summed E-state index contributed by atoms with van der Waals surface area (Å²) in [5, 5.41) is 18.1. The van der Waals surface area contributed by atoms with Crippen LogP contribution in [0.5, 0.6) is 0 Å². The highest BCUT2D eigenvalue weighted by Crippen LogP contribution is 2.24. The van der Waals surface area contributed by atoms with Crippen molar-refractivity contribution < 1.29 is 19.2 Å². The molecule has 11 nitrogen and oxygen atoms in total. The Kier molecular flexibility index (Phi) is 5.08. The lowest BCUT2D eigenvalue weighted by Gasteiger charge is -2.14. The summed E-state index contributed by atoms with van der Waals surface area (Å²) < 4.78 is 6.19. The topological polar surface area (TPSA) is 132 Å². The molecule has 1 saturated heterocycles. The molecule has 152 valence electrons. The van der Waals surface area contributed by atoms with Gasteiger partial charge in [-0.3, -0.25) is 19.8 Å². The van der Waals surface area contributed by atoms with Gasteiger partial charge in [0.25, 0.3) is 11.6 Å². The van der Waals surface area contributed by atoms with E-state index in [0.717, 1.165) is 5.56 Å². The van der Waals surface area contributed by atoms with Crippen LogP contribution >= 0.6 is 0 Å². The van der Waals surface area contributed by atoms with E-state index in [2.05, 4.69) is 15.4 Å². The van der Waals surface area contributed by atoms with Gasteiger partial charge in [-0.2, -0.15) is 5.10 Å². The number of amides is 2. The average molecular weight is 408 g/mol. The Labute approximate surface area is 170 Å². The van der Waals surface area contributed by atoms with Gasteiger partial charge in [0, 0.05) is 23.9 Å². The maximum absolute atomic E-state index is 12.5. The summed E-state index contributed by atoms with van der Waals surface area (Å²) in [7, 11) is 0. The highest BCUT2D eigenvalue weighted by atomic mass is 16.6. The number of benzene rings is 2. The van der Waals surface area contributed by atoms with Gasteiger partial charge in [-0.05, 0) is 29.8 Å². The van der Waals surface area contributed by atoms with E-state index in [-0.39, 0.29) is 23.5 Å². The number of ether oxygens (including phenoxy) is 1. The van der Waals surface area contributed by atoms with Crippen molar-refractivity contribution in [3.05, 3.63) is 76.4 Å². The summed E-state index contributed by atoms with van der Waals surface area (Å²) in [6.07, 6.45) is 2.20. The summed E-state index contributed by atoms with van der Waals surface area (Å²) in [5.74, 6) is -0.464. The number of carbonyl (C=O) groups is 2. The van der Waals surface area contributed by atoms with E-state index in [9.17, 15) is 19.7 Å². The van der Waals surface area contributed by atoms with Crippen LogP contribution in [0.3, 0.4) is 0 Å². The van der Waals surface area contributed by atoms with Crippen LogP contribution in [0.25, 0.3) is 5.69 Å². The van der Waals surface area contributed by atoms with Gasteiger partial charge in [0.1, 0.15) is 24.9 Å². The Balaban J connectivity index is 1.49. The first-order chi connectivity index (χ1) is 14.5. The molecule has 11 heteroatoms. The van der Waals surface area contributed by atoms with Crippen LogP contribution in [0.2, 0.25) is 0 Å².